The first-order valence-corrected chi connectivity index (χ1v) is 8.06. The quantitative estimate of drug-likeness (QED) is 0.918. The molecular weight excluding hydrogens is 258 g/mol. The topological polar surface area (TPSA) is 42.1 Å². The molecule has 3 heteroatoms. The van der Waals surface area contributed by atoms with Crippen molar-refractivity contribution in [1.29, 1.82) is 0 Å². The molecule has 1 aromatic carbocycles. The third-order valence-corrected chi connectivity index (χ3v) is 4.63. The van der Waals surface area contributed by atoms with E-state index in [4.69, 9.17) is 5.73 Å². The fourth-order valence-electron chi connectivity index (χ4n) is 3.51. The summed E-state index contributed by atoms with van der Waals surface area (Å²) in [5, 5.41) is 1.21. The number of hydrogen-bond acceptors (Lipinski definition) is 3. The minimum absolute atomic E-state index is 0.225. The maximum Gasteiger partial charge on any atom is 0.0705 e. The van der Waals surface area contributed by atoms with Crippen molar-refractivity contribution in [3.63, 3.8) is 0 Å². The van der Waals surface area contributed by atoms with E-state index < -0.39 is 0 Å². The molecule has 1 saturated heterocycles. The van der Waals surface area contributed by atoms with Crippen molar-refractivity contribution in [2.24, 2.45) is 5.73 Å². The van der Waals surface area contributed by atoms with Gasteiger partial charge in [-0.15, -0.1) is 0 Å². The highest BCUT2D eigenvalue weighted by Crippen LogP contribution is 2.30. The lowest BCUT2D eigenvalue weighted by molar-refractivity contribution is 0.195. The molecule has 1 aliphatic heterocycles. The molecule has 0 aliphatic carbocycles. The van der Waals surface area contributed by atoms with E-state index in [2.05, 4.69) is 47.1 Å². The third kappa shape index (κ3) is 2.94. The van der Waals surface area contributed by atoms with Gasteiger partial charge in [0.1, 0.15) is 0 Å². The molecule has 21 heavy (non-hydrogen) atoms. The van der Waals surface area contributed by atoms with Crippen LogP contribution < -0.4 is 5.73 Å². The summed E-state index contributed by atoms with van der Waals surface area (Å²) < 4.78 is 0. The number of aromatic nitrogens is 1. The van der Waals surface area contributed by atoms with Crippen LogP contribution in [-0.2, 0) is 0 Å². The predicted molar refractivity (Wildman–Crippen MR) is 88.3 cm³/mol. The molecule has 2 unspecified atom stereocenters. The number of benzene rings is 1. The summed E-state index contributed by atoms with van der Waals surface area (Å²) >= 11 is 0. The van der Waals surface area contributed by atoms with Crippen LogP contribution in [0.2, 0.25) is 0 Å². The Morgan fingerprint density at radius 2 is 2.10 bits per heavy atom. The fourth-order valence-corrected chi connectivity index (χ4v) is 3.51. The summed E-state index contributed by atoms with van der Waals surface area (Å²) in [5.74, 6) is 0. The third-order valence-electron chi connectivity index (χ3n) is 4.63. The molecule has 0 saturated carbocycles. The highest BCUT2D eigenvalue weighted by Gasteiger charge is 2.27. The van der Waals surface area contributed by atoms with Crippen molar-refractivity contribution in [2.75, 3.05) is 13.1 Å². The molecule has 112 valence electrons. The van der Waals surface area contributed by atoms with E-state index in [1.807, 2.05) is 6.92 Å². The van der Waals surface area contributed by atoms with Crippen LogP contribution in [0.3, 0.4) is 0 Å². The number of likely N-dealkylation sites (tertiary alicyclic amines) is 1. The van der Waals surface area contributed by atoms with E-state index >= 15 is 0 Å². The van der Waals surface area contributed by atoms with E-state index in [0.717, 1.165) is 30.7 Å². The van der Waals surface area contributed by atoms with Gasteiger partial charge >= 0.3 is 0 Å². The number of hydrogen-bond donors (Lipinski definition) is 1. The average molecular weight is 283 g/mol. The molecule has 3 rings (SSSR count). The lowest BCUT2D eigenvalue weighted by Crippen LogP contribution is -2.39. The van der Waals surface area contributed by atoms with Crippen LogP contribution in [0, 0.1) is 6.92 Å². The van der Waals surface area contributed by atoms with E-state index in [9.17, 15) is 0 Å². The van der Waals surface area contributed by atoms with E-state index in [1.54, 1.807) is 0 Å². The zero-order valence-corrected chi connectivity index (χ0v) is 13.0. The normalized spacial score (nSPS) is 24.1. The Kier molecular flexibility index (Phi) is 4.22. The molecule has 2 aromatic rings. The van der Waals surface area contributed by atoms with Gasteiger partial charge in [0.15, 0.2) is 0 Å². The first-order chi connectivity index (χ1) is 10.2. The van der Waals surface area contributed by atoms with Crippen molar-refractivity contribution >= 4 is 10.9 Å². The number of nitrogens with two attached hydrogens (primary N) is 1. The molecule has 2 heterocycles. The van der Waals surface area contributed by atoms with Gasteiger partial charge < -0.3 is 5.73 Å². The van der Waals surface area contributed by atoms with Gasteiger partial charge in [0.05, 0.1) is 5.52 Å². The van der Waals surface area contributed by atoms with Gasteiger partial charge in [-0.25, -0.2) is 0 Å². The summed E-state index contributed by atoms with van der Waals surface area (Å²) in [6.45, 7) is 6.48. The monoisotopic (exact) mass is 283 g/mol. The number of likely N-dealkylation sites (N-methyl/N-ethyl adjacent to an activating group) is 1. The largest absolute Gasteiger partial charge is 0.326 e. The first kappa shape index (κ1) is 14.5. The average Bonchev–Trinajstić information content (AvgIpc) is 2.68. The van der Waals surface area contributed by atoms with Gasteiger partial charge in [0.2, 0.25) is 0 Å². The summed E-state index contributed by atoms with van der Waals surface area (Å²) in [5.41, 5.74) is 9.96. The minimum Gasteiger partial charge on any atom is -0.326 e. The first-order valence-electron chi connectivity index (χ1n) is 8.06. The van der Waals surface area contributed by atoms with Gasteiger partial charge in [-0.2, -0.15) is 0 Å². The van der Waals surface area contributed by atoms with Crippen molar-refractivity contribution in [2.45, 2.75) is 45.2 Å². The number of pyridine rings is 1. The molecule has 0 radical (unpaired) electrons. The summed E-state index contributed by atoms with van der Waals surface area (Å²) in [6, 6.07) is 11.4. The molecule has 3 nitrogen and oxygen atoms in total. The smallest absolute Gasteiger partial charge is 0.0705 e. The van der Waals surface area contributed by atoms with Crippen molar-refractivity contribution in [3.8, 4) is 0 Å². The summed E-state index contributed by atoms with van der Waals surface area (Å²) in [6.07, 6.45) is 3.61. The Hall–Kier alpha value is -1.45. The molecule has 0 amide bonds. The molecule has 1 fully saturated rings. The van der Waals surface area contributed by atoms with Crippen molar-refractivity contribution in [1.82, 2.24) is 9.88 Å². The maximum absolute atomic E-state index is 6.49. The second-order valence-corrected chi connectivity index (χ2v) is 6.14. The predicted octanol–water partition coefficient (Wildman–Crippen LogP) is 3.42. The Morgan fingerprint density at radius 3 is 2.90 bits per heavy atom. The van der Waals surface area contributed by atoms with Gasteiger partial charge in [0.25, 0.3) is 0 Å². The zero-order valence-electron chi connectivity index (χ0n) is 13.0. The molecule has 2 N–H and O–H groups in total. The van der Waals surface area contributed by atoms with Crippen LogP contribution in [-0.4, -0.2) is 29.0 Å². The van der Waals surface area contributed by atoms with Crippen LogP contribution in [0.4, 0.5) is 0 Å². The Bertz CT molecular complexity index is 623. The SMILES string of the molecule is CCN1CCCCC(N)C1c1ccc2nc(C)ccc2c1. The van der Waals surface area contributed by atoms with Gasteiger partial charge in [0, 0.05) is 23.2 Å². The van der Waals surface area contributed by atoms with Crippen LogP contribution in [0.15, 0.2) is 30.3 Å². The fraction of sp³-hybridized carbons (Fsp3) is 0.500. The van der Waals surface area contributed by atoms with Crippen molar-refractivity contribution in [3.05, 3.63) is 41.6 Å². The zero-order chi connectivity index (χ0) is 14.8. The molecule has 2 atom stereocenters. The highest BCUT2D eigenvalue weighted by molar-refractivity contribution is 5.79. The molecule has 1 aromatic heterocycles. The number of nitrogens with zero attached hydrogens (tertiary/aromatic N) is 2. The van der Waals surface area contributed by atoms with Crippen molar-refractivity contribution < 1.29 is 0 Å². The van der Waals surface area contributed by atoms with Crippen LogP contribution >= 0.6 is 0 Å². The Balaban J connectivity index is 2.01. The molecule has 1 aliphatic rings. The lowest BCUT2D eigenvalue weighted by Gasteiger charge is -2.33. The van der Waals surface area contributed by atoms with Gasteiger partial charge in [-0.3, -0.25) is 9.88 Å². The standard InChI is InChI=1S/C18H25N3/c1-3-21-11-5-4-6-16(19)18(21)15-9-10-17-14(12-15)8-7-13(2)20-17/h7-10,12,16,18H,3-6,11,19H2,1-2H3. The lowest BCUT2D eigenvalue weighted by atomic mass is 9.95. The second-order valence-electron chi connectivity index (χ2n) is 6.14. The Morgan fingerprint density at radius 1 is 1.24 bits per heavy atom. The number of aryl methyl sites for hydroxylation is 1. The van der Waals surface area contributed by atoms with Gasteiger partial charge in [-0.1, -0.05) is 25.5 Å². The van der Waals surface area contributed by atoms with Crippen LogP contribution in [0.1, 0.15) is 43.5 Å². The molecular formula is C18H25N3. The van der Waals surface area contributed by atoms with E-state index in [-0.39, 0.29) is 6.04 Å². The number of fused-ring (bicyclic) bond motifs is 1. The summed E-state index contributed by atoms with van der Waals surface area (Å²) in [4.78, 5) is 7.12. The molecule has 0 bridgehead atoms. The molecule has 0 spiro atoms. The maximum atomic E-state index is 6.49. The highest BCUT2D eigenvalue weighted by atomic mass is 15.2. The Labute approximate surface area is 127 Å². The second kappa shape index (κ2) is 6.12. The van der Waals surface area contributed by atoms with Crippen LogP contribution in [0.5, 0.6) is 0 Å². The van der Waals surface area contributed by atoms with E-state index in [0.29, 0.717) is 6.04 Å². The minimum atomic E-state index is 0.225. The number of rotatable bonds is 2. The summed E-state index contributed by atoms with van der Waals surface area (Å²) in [7, 11) is 0. The van der Waals surface area contributed by atoms with Gasteiger partial charge in [-0.05, 0) is 56.6 Å². The van der Waals surface area contributed by atoms with E-state index in [1.165, 1.54) is 23.8 Å². The van der Waals surface area contributed by atoms with Crippen LogP contribution in [0.25, 0.3) is 10.9 Å².